The van der Waals surface area contributed by atoms with E-state index in [0.29, 0.717) is 0 Å². The third-order valence-corrected chi connectivity index (χ3v) is 4.85. The highest BCUT2D eigenvalue weighted by atomic mass is 15.2. The summed E-state index contributed by atoms with van der Waals surface area (Å²) < 4.78 is 0. The van der Waals surface area contributed by atoms with Gasteiger partial charge in [-0.25, -0.2) is 0 Å². The third-order valence-electron chi connectivity index (χ3n) is 4.85. The summed E-state index contributed by atoms with van der Waals surface area (Å²) in [6, 6.07) is 2.47. The molecule has 0 bridgehead atoms. The van der Waals surface area contributed by atoms with Gasteiger partial charge in [-0.2, -0.15) is 0 Å². The Morgan fingerprint density at radius 3 is 3.06 bits per heavy atom. The molecule has 0 N–H and O–H groups in total. The van der Waals surface area contributed by atoms with Crippen LogP contribution in [0.4, 0.5) is 5.69 Å². The van der Waals surface area contributed by atoms with Crippen LogP contribution in [0.3, 0.4) is 0 Å². The quantitative estimate of drug-likeness (QED) is 0.640. The van der Waals surface area contributed by atoms with Gasteiger partial charge in [-0.1, -0.05) is 6.07 Å². The molecule has 2 aliphatic heterocycles. The number of anilines is 1. The van der Waals surface area contributed by atoms with E-state index >= 15 is 0 Å². The predicted molar refractivity (Wildman–Crippen MR) is 67.4 cm³/mol. The van der Waals surface area contributed by atoms with Crippen molar-refractivity contribution in [3.05, 3.63) is 28.3 Å². The van der Waals surface area contributed by atoms with Crippen LogP contribution >= 0.6 is 0 Å². The Balaban J connectivity index is 2.04. The highest BCUT2D eigenvalue weighted by molar-refractivity contribution is 5.70. The van der Waals surface area contributed by atoms with Crippen molar-refractivity contribution in [2.75, 3.05) is 18.0 Å². The van der Waals surface area contributed by atoms with Gasteiger partial charge < -0.3 is 4.90 Å². The topological polar surface area (TPSA) is 3.24 Å². The summed E-state index contributed by atoms with van der Waals surface area (Å²) in [5, 5.41) is 0. The molecule has 1 unspecified atom stereocenters. The summed E-state index contributed by atoms with van der Waals surface area (Å²) in [6.45, 7) is 4.91. The normalized spacial score (nSPS) is 25.8. The zero-order valence-electron chi connectivity index (χ0n) is 10.1. The molecular formula is C15H19N. The van der Waals surface area contributed by atoms with Crippen molar-refractivity contribution < 1.29 is 0 Å². The maximum Gasteiger partial charge on any atom is 0.0437 e. The van der Waals surface area contributed by atoms with Crippen LogP contribution in [0.2, 0.25) is 0 Å². The maximum absolute atomic E-state index is 2.65. The fourth-order valence-electron chi connectivity index (χ4n) is 4.14. The van der Waals surface area contributed by atoms with Crippen molar-refractivity contribution in [3.8, 4) is 0 Å². The number of benzene rings is 1. The van der Waals surface area contributed by atoms with Gasteiger partial charge in [0, 0.05) is 18.8 Å². The Morgan fingerprint density at radius 2 is 2.12 bits per heavy atom. The van der Waals surface area contributed by atoms with Gasteiger partial charge in [0.15, 0.2) is 0 Å². The molecule has 4 rings (SSSR count). The summed E-state index contributed by atoms with van der Waals surface area (Å²) in [5.41, 5.74) is 8.35. The molecule has 3 aliphatic rings. The van der Waals surface area contributed by atoms with Gasteiger partial charge in [0.1, 0.15) is 0 Å². The molecule has 0 spiro atoms. The van der Waals surface area contributed by atoms with E-state index in [1.807, 2.05) is 0 Å². The van der Waals surface area contributed by atoms with Crippen molar-refractivity contribution in [3.63, 3.8) is 0 Å². The van der Waals surface area contributed by atoms with Gasteiger partial charge in [0.2, 0.25) is 0 Å². The molecule has 0 aromatic heterocycles. The Labute approximate surface area is 97.5 Å². The first-order chi connectivity index (χ1) is 7.84. The van der Waals surface area contributed by atoms with Crippen LogP contribution in [-0.4, -0.2) is 13.1 Å². The standard InChI is InChI=1S/C15H19N/c1-10-9-12-6-8-16-7-5-11-3-2-4-13(10)14(11)15(12)16/h9,11H,2-8H2,1H3. The first-order valence-corrected chi connectivity index (χ1v) is 6.75. The van der Waals surface area contributed by atoms with Crippen molar-refractivity contribution in [1.82, 2.24) is 0 Å². The molecule has 1 heteroatoms. The van der Waals surface area contributed by atoms with Crippen LogP contribution in [0.15, 0.2) is 6.07 Å². The lowest BCUT2D eigenvalue weighted by Crippen LogP contribution is -2.31. The minimum Gasteiger partial charge on any atom is -0.371 e. The second-order valence-corrected chi connectivity index (χ2v) is 5.71. The van der Waals surface area contributed by atoms with Gasteiger partial charge in [0.05, 0.1) is 0 Å². The number of hydrogen-bond donors (Lipinski definition) is 0. The molecule has 1 atom stereocenters. The number of aryl methyl sites for hydroxylation is 1. The van der Waals surface area contributed by atoms with Gasteiger partial charge in [-0.15, -0.1) is 0 Å². The van der Waals surface area contributed by atoms with E-state index in [4.69, 9.17) is 0 Å². The van der Waals surface area contributed by atoms with Crippen molar-refractivity contribution in [2.24, 2.45) is 0 Å². The number of rotatable bonds is 0. The van der Waals surface area contributed by atoms with E-state index in [9.17, 15) is 0 Å². The second-order valence-electron chi connectivity index (χ2n) is 5.71. The van der Waals surface area contributed by atoms with Crippen LogP contribution in [-0.2, 0) is 12.8 Å². The van der Waals surface area contributed by atoms with Gasteiger partial charge >= 0.3 is 0 Å². The van der Waals surface area contributed by atoms with Gasteiger partial charge in [-0.3, -0.25) is 0 Å². The highest BCUT2D eigenvalue weighted by Gasteiger charge is 2.34. The monoisotopic (exact) mass is 213 g/mol. The smallest absolute Gasteiger partial charge is 0.0437 e. The third kappa shape index (κ3) is 1.02. The fourth-order valence-corrected chi connectivity index (χ4v) is 4.14. The average Bonchev–Trinajstić information content (AvgIpc) is 2.72. The van der Waals surface area contributed by atoms with E-state index in [2.05, 4.69) is 17.9 Å². The Hall–Kier alpha value is -0.980. The SMILES string of the molecule is Cc1cc2c3c4c1CCCC4CCN3CC2. The van der Waals surface area contributed by atoms with Crippen molar-refractivity contribution in [2.45, 2.75) is 44.9 Å². The summed E-state index contributed by atoms with van der Waals surface area (Å²) in [7, 11) is 0. The maximum atomic E-state index is 2.65. The Morgan fingerprint density at radius 1 is 1.19 bits per heavy atom. The lowest BCUT2D eigenvalue weighted by molar-refractivity contribution is 0.500. The predicted octanol–water partition coefficient (Wildman–Crippen LogP) is 3.18. The zero-order valence-corrected chi connectivity index (χ0v) is 10.1. The molecule has 0 radical (unpaired) electrons. The van der Waals surface area contributed by atoms with Crippen molar-refractivity contribution in [1.29, 1.82) is 0 Å². The van der Waals surface area contributed by atoms with Gasteiger partial charge in [0.25, 0.3) is 0 Å². The molecule has 1 nitrogen and oxygen atoms in total. The fraction of sp³-hybridized carbons (Fsp3) is 0.600. The molecular weight excluding hydrogens is 194 g/mol. The minimum atomic E-state index is 0.895. The van der Waals surface area contributed by atoms with Gasteiger partial charge in [-0.05, 0) is 67.2 Å². The molecule has 0 fully saturated rings. The van der Waals surface area contributed by atoms with Crippen molar-refractivity contribution >= 4 is 5.69 Å². The molecule has 1 aromatic carbocycles. The number of hydrogen-bond acceptors (Lipinski definition) is 1. The second kappa shape index (κ2) is 3.03. The summed E-state index contributed by atoms with van der Waals surface area (Å²) in [6.07, 6.45) is 6.88. The summed E-state index contributed by atoms with van der Waals surface area (Å²) in [5.74, 6) is 0.895. The van der Waals surface area contributed by atoms with E-state index < -0.39 is 0 Å². The molecule has 2 heterocycles. The molecule has 1 aromatic rings. The van der Waals surface area contributed by atoms with Crippen LogP contribution in [0.25, 0.3) is 0 Å². The van der Waals surface area contributed by atoms with Crippen LogP contribution < -0.4 is 4.90 Å². The molecule has 0 saturated carbocycles. The number of nitrogens with zero attached hydrogens (tertiary/aromatic N) is 1. The molecule has 0 amide bonds. The molecule has 0 saturated heterocycles. The van der Waals surface area contributed by atoms with Crippen LogP contribution in [0.5, 0.6) is 0 Å². The highest BCUT2D eigenvalue weighted by Crippen LogP contribution is 2.48. The van der Waals surface area contributed by atoms with Crippen LogP contribution in [0.1, 0.15) is 47.4 Å². The zero-order chi connectivity index (χ0) is 10.7. The minimum absolute atomic E-state index is 0.895. The molecule has 1 aliphatic carbocycles. The Kier molecular flexibility index (Phi) is 1.72. The largest absolute Gasteiger partial charge is 0.371 e. The Bertz CT molecular complexity index is 461. The molecule has 84 valence electrons. The first kappa shape index (κ1) is 9.09. The summed E-state index contributed by atoms with van der Waals surface area (Å²) in [4.78, 5) is 2.65. The molecule has 16 heavy (non-hydrogen) atoms. The van der Waals surface area contributed by atoms with E-state index in [0.717, 1.165) is 5.92 Å². The van der Waals surface area contributed by atoms with E-state index in [1.165, 1.54) is 45.2 Å². The average molecular weight is 213 g/mol. The first-order valence-electron chi connectivity index (χ1n) is 6.75. The lowest BCUT2D eigenvalue weighted by atomic mass is 9.76. The van der Waals surface area contributed by atoms with E-state index in [-0.39, 0.29) is 0 Å². The van der Waals surface area contributed by atoms with E-state index in [1.54, 1.807) is 27.9 Å². The van der Waals surface area contributed by atoms with Crippen LogP contribution in [0, 0.1) is 6.92 Å². The summed E-state index contributed by atoms with van der Waals surface area (Å²) >= 11 is 0. The lowest BCUT2D eigenvalue weighted by Gasteiger charge is -2.38.